The molecule has 0 radical (unpaired) electrons. The summed E-state index contributed by atoms with van der Waals surface area (Å²) in [5.74, 6) is -1.28. The standard InChI is InChI=1S/C14H8Cl2N4O3S/c15-9(10-19-13(16)24-20-10)5-1-2-7-6(3-5)14(11(22)17-7)4-8(21)18-12(14)23/h1-3,9H,4H2,(H,17,22)(H,18,21,23). The molecule has 122 valence electrons. The van der Waals surface area contributed by atoms with Crippen molar-refractivity contribution >= 4 is 58.1 Å². The van der Waals surface area contributed by atoms with Crippen LogP contribution < -0.4 is 10.6 Å². The summed E-state index contributed by atoms with van der Waals surface area (Å²) >= 11 is 13.2. The van der Waals surface area contributed by atoms with Crippen molar-refractivity contribution < 1.29 is 14.4 Å². The van der Waals surface area contributed by atoms with Crippen LogP contribution in [0, 0.1) is 0 Å². The highest BCUT2D eigenvalue weighted by Gasteiger charge is 2.58. The van der Waals surface area contributed by atoms with E-state index in [1.165, 1.54) is 0 Å². The molecule has 2 aliphatic rings. The Hall–Kier alpha value is -2.03. The number of aromatic nitrogens is 2. The zero-order valence-corrected chi connectivity index (χ0v) is 14.1. The molecule has 1 aromatic carbocycles. The first-order valence-corrected chi connectivity index (χ1v) is 8.44. The maximum Gasteiger partial charge on any atom is 0.247 e. The number of rotatable bonds is 2. The molecule has 0 saturated carbocycles. The van der Waals surface area contributed by atoms with Crippen molar-refractivity contribution in [1.82, 2.24) is 14.7 Å². The molecule has 0 aliphatic carbocycles. The number of carbonyl (C=O) groups is 3. The number of fused-ring (bicyclic) bond motifs is 2. The summed E-state index contributed by atoms with van der Waals surface area (Å²) < 4.78 is 4.34. The molecule has 1 spiro atoms. The summed E-state index contributed by atoms with van der Waals surface area (Å²) in [6, 6.07) is 4.99. The van der Waals surface area contributed by atoms with Crippen LogP contribution in [-0.4, -0.2) is 27.1 Å². The number of nitrogens with zero attached hydrogens (tertiary/aromatic N) is 2. The lowest BCUT2D eigenvalue weighted by Crippen LogP contribution is -2.41. The van der Waals surface area contributed by atoms with Gasteiger partial charge in [-0.25, -0.2) is 4.98 Å². The van der Waals surface area contributed by atoms with Crippen LogP contribution in [0.1, 0.15) is 28.7 Å². The number of alkyl halides is 1. The molecular formula is C14H8Cl2N4O3S. The third kappa shape index (κ3) is 2.07. The fraction of sp³-hybridized carbons (Fsp3) is 0.214. The van der Waals surface area contributed by atoms with Gasteiger partial charge < -0.3 is 5.32 Å². The van der Waals surface area contributed by atoms with E-state index in [0.29, 0.717) is 22.6 Å². The molecule has 4 rings (SSSR count). The minimum absolute atomic E-state index is 0.220. The van der Waals surface area contributed by atoms with Gasteiger partial charge in [0.1, 0.15) is 5.38 Å². The number of anilines is 1. The highest BCUT2D eigenvalue weighted by atomic mass is 35.5. The maximum atomic E-state index is 12.4. The Kier molecular flexibility index (Phi) is 3.38. The largest absolute Gasteiger partial charge is 0.325 e. The van der Waals surface area contributed by atoms with E-state index in [1.54, 1.807) is 18.2 Å². The summed E-state index contributed by atoms with van der Waals surface area (Å²) in [4.78, 5) is 40.3. The molecule has 2 aliphatic heterocycles. The Bertz CT molecular complexity index is 915. The normalized spacial score (nSPS) is 23.3. The van der Waals surface area contributed by atoms with Crippen molar-refractivity contribution in [2.45, 2.75) is 17.2 Å². The molecule has 2 aromatic rings. The van der Waals surface area contributed by atoms with Crippen LogP contribution in [0.3, 0.4) is 0 Å². The first kappa shape index (κ1) is 15.5. The molecule has 10 heteroatoms. The molecule has 2 N–H and O–H groups in total. The van der Waals surface area contributed by atoms with Gasteiger partial charge in [-0.05, 0) is 34.8 Å². The van der Waals surface area contributed by atoms with Crippen molar-refractivity contribution in [3.8, 4) is 0 Å². The van der Waals surface area contributed by atoms with E-state index in [-0.39, 0.29) is 10.9 Å². The smallest absolute Gasteiger partial charge is 0.247 e. The number of benzene rings is 1. The lowest BCUT2D eigenvalue weighted by molar-refractivity contribution is -0.131. The topological polar surface area (TPSA) is 101 Å². The highest BCUT2D eigenvalue weighted by molar-refractivity contribution is 7.10. The van der Waals surface area contributed by atoms with Gasteiger partial charge in [0.05, 0.1) is 6.42 Å². The predicted molar refractivity (Wildman–Crippen MR) is 87.1 cm³/mol. The number of halogens is 2. The number of amides is 3. The van der Waals surface area contributed by atoms with Gasteiger partial charge in [0.15, 0.2) is 11.2 Å². The quantitative estimate of drug-likeness (QED) is 0.468. The molecule has 0 bridgehead atoms. The van der Waals surface area contributed by atoms with E-state index >= 15 is 0 Å². The van der Waals surface area contributed by atoms with Crippen LogP contribution in [-0.2, 0) is 19.8 Å². The second-order valence-corrected chi connectivity index (χ2v) is 7.26. The Labute approximate surface area is 149 Å². The average molecular weight is 383 g/mol. The first-order valence-electron chi connectivity index (χ1n) is 6.85. The minimum atomic E-state index is -1.54. The molecule has 1 aromatic heterocycles. The number of nitrogens with one attached hydrogen (secondary N) is 2. The van der Waals surface area contributed by atoms with Gasteiger partial charge in [-0.2, -0.15) is 4.37 Å². The summed E-state index contributed by atoms with van der Waals surface area (Å²) in [7, 11) is 0. The van der Waals surface area contributed by atoms with Crippen molar-refractivity contribution in [2.75, 3.05) is 5.32 Å². The Morgan fingerprint density at radius 3 is 2.58 bits per heavy atom. The number of hydrogen-bond donors (Lipinski definition) is 2. The molecule has 2 atom stereocenters. The molecule has 3 heterocycles. The molecule has 1 fully saturated rings. The van der Waals surface area contributed by atoms with Gasteiger partial charge in [-0.15, -0.1) is 11.6 Å². The van der Waals surface area contributed by atoms with Gasteiger partial charge in [0, 0.05) is 11.3 Å². The predicted octanol–water partition coefficient (Wildman–Crippen LogP) is 1.76. The molecule has 3 amide bonds. The SMILES string of the molecule is O=C1CC2(C(=O)N1)C(=O)Nc1ccc(C(Cl)c3nsc(Cl)n3)cc12. The zero-order chi connectivity index (χ0) is 17.1. The van der Waals surface area contributed by atoms with Crippen LogP contribution in [0.5, 0.6) is 0 Å². The monoisotopic (exact) mass is 382 g/mol. The third-order valence-corrected chi connectivity index (χ3v) is 5.40. The van der Waals surface area contributed by atoms with E-state index in [2.05, 4.69) is 20.0 Å². The van der Waals surface area contributed by atoms with Crippen LogP contribution in [0.15, 0.2) is 18.2 Å². The summed E-state index contributed by atoms with van der Waals surface area (Å²) in [5.41, 5.74) is -0.0124. The second kappa shape index (κ2) is 5.23. The van der Waals surface area contributed by atoms with E-state index < -0.39 is 28.5 Å². The molecule has 1 saturated heterocycles. The summed E-state index contributed by atoms with van der Waals surface area (Å²) in [6.07, 6.45) is -0.220. The molecular weight excluding hydrogens is 375 g/mol. The van der Waals surface area contributed by atoms with E-state index in [0.717, 1.165) is 11.5 Å². The summed E-state index contributed by atoms with van der Waals surface area (Å²) in [6.45, 7) is 0. The molecule has 24 heavy (non-hydrogen) atoms. The van der Waals surface area contributed by atoms with Gasteiger partial charge in [0.2, 0.25) is 22.2 Å². The maximum absolute atomic E-state index is 12.4. The van der Waals surface area contributed by atoms with E-state index in [4.69, 9.17) is 23.2 Å². The number of hydrogen-bond acceptors (Lipinski definition) is 6. The van der Waals surface area contributed by atoms with Crippen molar-refractivity contribution in [3.05, 3.63) is 39.6 Å². The Morgan fingerprint density at radius 2 is 1.96 bits per heavy atom. The number of carbonyl (C=O) groups excluding carboxylic acids is 3. The fourth-order valence-electron chi connectivity index (χ4n) is 3.00. The zero-order valence-electron chi connectivity index (χ0n) is 11.8. The van der Waals surface area contributed by atoms with Crippen LogP contribution in [0.2, 0.25) is 4.47 Å². The lowest BCUT2D eigenvalue weighted by Gasteiger charge is -2.17. The van der Waals surface area contributed by atoms with E-state index in [1.807, 2.05) is 0 Å². The molecule has 7 nitrogen and oxygen atoms in total. The lowest BCUT2D eigenvalue weighted by atomic mass is 9.79. The van der Waals surface area contributed by atoms with Gasteiger partial charge >= 0.3 is 0 Å². The van der Waals surface area contributed by atoms with Gasteiger partial charge in [0.25, 0.3) is 0 Å². The van der Waals surface area contributed by atoms with Crippen molar-refractivity contribution in [1.29, 1.82) is 0 Å². The Balaban J connectivity index is 1.81. The van der Waals surface area contributed by atoms with E-state index in [9.17, 15) is 14.4 Å². The number of imide groups is 1. The van der Waals surface area contributed by atoms with Gasteiger partial charge in [-0.3, -0.25) is 19.7 Å². The van der Waals surface area contributed by atoms with Gasteiger partial charge in [-0.1, -0.05) is 12.1 Å². The fourth-order valence-corrected chi connectivity index (χ4v) is 3.93. The summed E-state index contributed by atoms with van der Waals surface area (Å²) in [5, 5.41) is 4.15. The Morgan fingerprint density at radius 1 is 1.21 bits per heavy atom. The van der Waals surface area contributed by atoms with Crippen LogP contribution in [0.4, 0.5) is 5.69 Å². The highest BCUT2D eigenvalue weighted by Crippen LogP contribution is 2.44. The minimum Gasteiger partial charge on any atom is -0.325 e. The average Bonchev–Trinajstić information content (AvgIpc) is 3.18. The second-order valence-electron chi connectivity index (χ2n) is 5.49. The first-order chi connectivity index (χ1) is 11.4. The van der Waals surface area contributed by atoms with Crippen LogP contribution >= 0.6 is 34.7 Å². The van der Waals surface area contributed by atoms with Crippen LogP contribution in [0.25, 0.3) is 0 Å². The van der Waals surface area contributed by atoms with Crippen molar-refractivity contribution in [3.63, 3.8) is 0 Å². The van der Waals surface area contributed by atoms with Crippen molar-refractivity contribution in [2.24, 2.45) is 0 Å². The third-order valence-electron chi connectivity index (χ3n) is 4.14. The molecule has 2 unspecified atom stereocenters.